The molecule has 80 valence electrons. The molecule has 0 fully saturated rings. The zero-order valence-corrected chi connectivity index (χ0v) is 7.75. The number of halogens is 4. The Morgan fingerprint density at radius 3 is 2.73 bits per heavy atom. The first-order valence-electron chi connectivity index (χ1n) is 3.72. The van der Waals surface area contributed by atoms with Crippen molar-refractivity contribution in [3.8, 4) is 5.75 Å². The highest BCUT2D eigenvalue weighted by Gasteiger charge is 2.31. The van der Waals surface area contributed by atoms with Gasteiger partial charge in [0, 0.05) is 0 Å². The summed E-state index contributed by atoms with van der Waals surface area (Å²) >= 11 is 5.46. The van der Waals surface area contributed by atoms with Crippen LogP contribution in [-0.2, 0) is 0 Å². The topological polar surface area (TPSA) is 39.4 Å². The second-order valence-electron chi connectivity index (χ2n) is 2.60. The molecule has 0 aromatic carbocycles. The van der Waals surface area contributed by atoms with Crippen molar-refractivity contribution in [3.05, 3.63) is 23.6 Å². The Hall–Kier alpha value is -1.50. The summed E-state index contributed by atoms with van der Waals surface area (Å²) in [7, 11) is 0. The summed E-state index contributed by atoms with van der Waals surface area (Å²) in [5.41, 5.74) is 0.342. The third-order valence-electron chi connectivity index (χ3n) is 1.51. The van der Waals surface area contributed by atoms with Crippen molar-refractivity contribution in [3.63, 3.8) is 0 Å². The molecule has 2 heterocycles. The van der Waals surface area contributed by atoms with Gasteiger partial charge < -0.3 is 4.74 Å². The highest BCUT2D eigenvalue weighted by Crippen LogP contribution is 2.22. The number of fused-ring (bicyclic) bond motifs is 1. The molecule has 0 bridgehead atoms. The first-order valence-corrected chi connectivity index (χ1v) is 4.09. The molecular weight excluding hydrogens is 235 g/mol. The van der Waals surface area contributed by atoms with Gasteiger partial charge in [-0.2, -0.15) is 4.98 Å². The van der Waals surface area contributed by atoms with E-state index in [4.69, 9.17) is 11.6 Å². The van der Waals surface area contributed by atoms with Gasteiger partial charge in [0.15, 0.2) is 5.65 Å². The van der Waals surface area contributed by atoms with Crippen LogP contribution in [0.1, 0.15) is 0 Å². The van der Waals surface area contributed by atoms with Crippen molar-refractivity contribution < 1.29 is 17.9 Å². The molecule has 15 heavy (non-hydrogen) atoms. The molecule has 0 saturated heterocycles. The molecule has 8 heteroatoms. The number of hydrogen-bond acceptors (Lipinski definition) is 3. The van der Waals surface area contributed by atoms with E-state index in [1.165, 1.54) is 6.07 Å². The fourth-order valence-electron chi connectivity index (χ4n) is 1.03. The molecule has 0 unspecified atom stereocenters. The van der Waals surface area contributed by atoms with Crippen molar-refractivity contribution in [2.24, 2.45) is 0 Å². The summed E-state index contributed by atoms with van der Waals surface area (Å²) in [6.45, 7) is 0. The van der Waals surface area contributed by atoms with Gasteiger partial charge in [-0.3, -0.25) is 0 Å². The van der Waals surface area contributed by atoms with Crippen molar-refractivity contribution in [2.75, 3.05) is 0 Å². The van der Waals surface area contributed by atoms with Crippen LogP contribution in [0.4, 0.5) is 13.2 Å². The zero-order valence-electron chi connectivity index (χ0n) is 6.99. The molecule has 0 spiro atoms. The molecule has 0 amide bonds. The quantitative estimate of drug-likeness (QED) is 0.764. The second kappa shape index (κ2) is 3.27. The molecule has 0 aliphatic rings. The predicted octanol–water partition coefficient (Wildman–Crippen LogP) is 2.28. The smallest absolute Gasteiger partial charge is 0.404 e. The standard InChI is InChI=1S/C7H3ClF3N3O/c8-6-12-5-2-1-4(3-14(5)13-6)15-7(9,10)11/h1-3H. The van der Waals surface area contributed by atoms with Gasteiger partial charge in [0.2, 0.25) is 5.28 Å². The van der Waals surface area contributed by atoms with E-state index < -0.39 is 6.36 Å². The van der Waals surface area contributed by atoms with Crippen LogP contribution in [0, 0.1) is 0 Å². The van der Waals surface area contributed by atoms with Crippen LogP contribution in [0.3, 0.4) is 0 Å². The lowest BCUT2D eigenvalue weighted by Crippen LogP contribution is -2.17. The van der Waals surface area contributed by atoms with Crippen LogP contribution < -0.4 is 4.74 Å². The summed E-state index contributed by atoms with van der Waals surface area (Å²) in [6.07, 6.45) is -3.68. The zero-order chi connectivity index (χ0) is 11.1. The van der Waals surface area contributed by atoms with E-state index in [1.807, 2.05) is 0 Å². The van der Waals surface area contributed by atoms with Gasteiger partial charge in [0.25, 0.3) is 0 Å². The molecule has 0 saturated carbocycles. The second-order valence-corrected chi connectivity index (χ2v) is 2.93. The Bertz CT molecular complexity index is 496. The van der Waals surface area contributed by atoms with Gasteiger partial charge in [-0.05, 0) is 23.7 Å². The van der Waals surface area contributed by atoms with E-state index >= 15 is 0 Å². The Labute approximate surface area is 86.2 Å². The van der Waals surface area contributed by atoms with Crippen molar-refractivity contribution in [2.45, 2.75) is 6.36 Å². The molecule has 2 aromatic heterocycles. The van der Waals surface area contributed by atoms with Gasteiger partial charge in [-0.15, -0.1) is 18.3 Å². The van der Waals surface area contributed by atoms with E-state index in [1.54, 1.807) is 0 Å². The average molecular weight is 238 g/mol. The van der Waals surface area contributed by atoms with Crippen molar-refractivity contribution in [1.29, 1.82) is 0 Å². The molecule has 0 aliphatic heterocycles. The van der Waals surface area contributed by atoms with Gasteiger partial charge in [0.1, 0.15) is 5.75 Å². The lowest BCUT2D eigenvalue weighted by Gasteiger charge is -2.07. The maximum atomic E-state index is 11.9. The van der Waals surface area contributed by atoms with Gasteiger partial charge in [0.05, 0.1) is 6.20 Å². The number of pyridine rings is 1. The Morgan fingerprint density at radius 2 is 2.07 bits per heavy atom. The molecule has 0 N–H and O–H groups in total. The van der Waals surface area contributed by atoms with Gasteiger partial charge in [-0.25, -0.2) is 4.52 Å². The van der Waals surface area contributed by atoms with E-state index in [0.717, 1.165) is 16.8 Å². The summed E-state index contributed by atoms with van der Waals surface area (Å²) < 4.78 is 40.3. The lowest BCUT2D eigenvalue weighted by molar-refractivity contribution is -0.274. The number of aromatic nitrogens is 3. The number of hydrogen-bond donors (Lipinski definition) is 0. The number of ether oxygens (including phenoxy) is 1. The number of alkyl halides is 3. The first kappa shape index (κ1) is 10.0. The maximum absolute atomic E-state index is 11.9. The van der Waals surface area contributed by atoms with Crippen LogP contribution >= 0.6 is 11.6 Å². The van der Waals surface area contributed by atoms with Crippen LogP contribution in [0.15, 0.2) is 18.3 Å². The highest BCUT2D eigenvalue weighted by atomic mass is 35.5. The highest BCUT2D eigenvalue weighted by molar-refractivity contribution is 6.28. The molecule has 4 nitrogen and oxygen atoms in total. The van der Waals surface area contributed by atoms with E-state index in [2.05, 4.69) is 14.8 Å². The monoisotopic (exact) mass is 237 g/mol. The summed E-state index contributed by atoms with van der Waals surface area (Å²) in [4.78, 5) is 3.73. The average Bonchev–Trinajstić information content (AvgIpc) is 2.40. The minimum absolute atomic E-state index is 0.0424. The number of rotatable bonds is 1. The van der Waals surface area contributed by atoms with Crippen LogP contribution in [0.25, 0.3) is 5.65 Å². The fourth-order valence-corrected chi connectivity index (χ4v) is 1.20. The molecule has 2 aromatic rings. The van der Waals surface area contributed by atoms with E-state index in [-0.39, 0.29) is 11.0 Å². The Morgan fingerprint density at radius 1 is 1.33 bits per heavy atom. The van der Waals surface area contributed by atoms with Gasteiger partial charge >= 0.3 is 6.36 Å². The lowest BCUT2D eigenvalue weighted by atomic mass is 10.4. The minimum atomic E-state index is -4.72. The van der Waals surface area contributed by atoms with Crippen LogP contribution in [0.2, 0.25) is 5.28 Å². The SMILES string of the molecule is FC(F)(F)Oc1ccc2nc(Cl)nn2c1. The third kappa shape index (κ3) is 2.30. The molecular formula is C7H3ClF3N3O. The van der Waals surface area contributed by atoms with E-state index in [0.29, 0.717) is 5.65 Å². The molecule has 2 rings (SSSR count). The Balaban J connectivity index is 2.38. The van der Waals surface area contributed by atoms with Crippen molar-refractivity contribution >= 4 is 17.2 Å². The van der Waals surface area contributed by atoms with Crippen LogP contribution in [-0.4, -0.2) is 21.0 Å². The Kier molecular flexibility index (Phi) is 2.18. The first-order chi connectivity index (χ1) is 6.94. The van der Waals surface area contributed by atoms with Gasteiger partial charge in [-0.1, -0.05) is 0 Å². The van der Waals surface area contributed by atoms with Crippen molar-refractivity contribution in [1.82, 2.24) is 14.6 Å². The predicted molar refractivity (Wildman–Crippen MR) is 44.7 cm³/mol. The normalized spacial score (nSPS) is 12.0. The molecule has 0 aliphatic carbocycles. The fraction of sp³-hybridized carbons (Fsp3) is 0.143. The summed E-state index contributed by atoms with van der Waals surface area (Å²) in [6, 6.07) is 2.45. The van der Waals surface area contributed by atoms with Crippen LogP contribution in [0.5, 0.6) is 5.75 Å². The number of nitrogens with zero attached hydrogens (tertiary/aromatic N) is 3. The molecule has 0 atom stereocenters. The third-order valence-corrected chi connectivity index (χ3v) is 1.67. The minimum Gasteiger partial charge on any atom is -0.404 e. The van der Waals surface area contributed by atoms with E-state index in [9.17, 15) is 13.2 Å². The maximum Gasteiger partial charge on any atom is 0.573 e. The molecule has 0 radical (unpaired) electrons. The summed E-state index contributed by atoms with van der Waals surface area (Å²) in [5, 5.41) is 3.59. The largest absolute Gasteiger partial charge is 0.573 e. The summed E-state index contributed by atoms with van der Waals surface area (Å²) in [5.74, 6) is -0.378.